The van der Waals surface area contributed by atoms with Crippen molar-refractivity contribution in [1.82, 2.24) is 15.2 Å². The predicted molar refractivity (Wildman–Crippen MR) is 143 cm³/mol. The number of aliphatic hydroxyl groups excluding tert-OH is 1. The number of benzene rings is 2. The topological polar surface area (TPSA) is 110 Å². The molecule has 0 aliphatic heterocycles. The van der Waals surface area contributed by atoms with E-state index in [1.807, 2.05) is 0 Å². The van der Waals surface area contributed by atoms with Gasteiger partial charge in [0.25, 0.3) is 5.56 Å². The lowest BCUT2D eigenvalue weighted by Crippen LogP contribution is -2.38. The van der Waals surface area contributed by atoms with Crippen LogP contribution in [0, 0.1) is 0 Å². The van der Waals surface area contributed by atoms with Gasteiger partial charge in [-0.25, -0.2) is 4.79 Å². The number of carbonyl (C=O) groups excluding carboxylic acids is 2. The maximum absolute atomic E-state index is 14.8. The zero-order valence-electron chi connectivity index (χ0n) is 22.3. The molecule has 1 aliphatic carbocycles. The Balaban J connectivity index is 1.84. The van der Waals surface area contributed by atoms with Gasteiger partial charge in [0.15, 0.2) is 0 Å². The molecule has 1 heterocycles. The van der Waals surface area contributed by atoms with Gasteiger partial charge in [-0.2, -0.15) is 13.2 Å². The minimum absolute atomic E-state index is 0.0326. The monoisotopic (exact) mass is 559 g/mol. The van der Waals surface area contributed by atoms with E-state index in [2.05, 4.69) is 10.6 Å². The van der Waals surface area contributed by atoms with Crippen LogP contribution in [0.25, 0.3) is 10.9 Å². The molecular formula is C29H32F3N3O5. The number of aliphatic hydroxyl groups is 1. The molecule has 40 heavy (non-hydrogen) atoms. The van der Waals surface area contributed by atoms with E-state index in [0.29, 0.717) is 55.5 Å². The number of ether oxygens (including phenoxy) is 1. The van der Waals surface area contributed by atoms with E-state index in [4.69, 9.17) is 9.84 Å². The molecule has 1 aliphatic rings. The summed E-state index contributed by atoms with van der Waals surface area (Å²) in [7, 11) is 2.69. The molecule has 214 valence electrons. The van der Waals surface area contributed by atoms with Crippen molar-refractivity contribution in [3.05, 3.63) is 80.1 Å². The lowest BCUT2D eigenvalue weighted by atomic mass is 9.87. The number of alkyl halides is 3. The number of methoxy groups -OCH3 is 1. The Morgan fingerprint density at radius 1 is 1.25 bits per heavy atom. The molecule has 3 aromatic rings. The van der Waals surface area contributed by atoms with E-state index in [9.17, 15) is 27.6 Å². The molecule has 0 saturated heterocycles. The Morgan fingerprint density at radius 3 is 2.70 bits per heavy atom. The first-order chi connectivity index (χ1) is 19.1. The number of fused-ring (bicyclic) bond motifs is 2. The van der Waals surface area contributed by atoms with Crippen LogP contribution in [0.5, 0.6) is 0 Å². The molecule has 4 rings (SSSR count). The van der Waals surface area contributed by atoms with Gasteiger partial charge in [-0.1, -0.05) is 24.3 Å². The summed E-state index contributed by atoms with van der Waals surface area (Å²) >= 11 is 0. The Bertz CT molecular complexity index is 1470. The number of nitrogens with zero attached hydrogens (tertiary/aromatic N) is 1. The number of carbonyl (C=O) groups is 2. The van der Waals surface area contributed by atoms with E-state index < -0.39 is 35.2 Å². The van der Waals surface area contributed by atoms with Crippen LogP contribution in [0.15, 0.2) is 41.2 Å². The minimum atomic E-state index is -4.78. The maximum Gasteiger partial charge on any atom is 0.417 e. The van der Waals surface area contributed by atoms with Crippen LogP contribution >= 0.6 is 0 Å². The van der Waals surface area contributed by atoms with Crippen molar-refractivity contribution in [2.45, 2.75) is 43.8 Å². The van der Waals surface area contributed by atoms with Gasteiger partial charge in [-0.3, -0.25) is 9.59 Å². The summed E-state index contributed by atoms with van der Waals surface area (Å²) in [6, 6.07) is 9.00. The number of aromatic nitrogens is 1. The van der Waals surface area contributed by atoms with Gasteiger partial charge in [0, 0.05) is 36.9 Å². The molecule has 8 nitrogen and oxygen atoms in total. The first-order valence-corrected chi connectivity index (χ1v) is 13.0. The van der Waals surface area contributed by atoms with Crippen molar-refractivity contribution >= 4 is 23.3 Å². The molecule has 2 atom stereocenters. The van der Waals surface area contributed by atoms with E-state index in [1.165, 1.54) is 24.8 Å². The molecule has 0 spiro atoms. The number of pyridine rings is 1. The highest BCUT2D eigenvalue weighted by Gasteiger charge is 2.42. The fourth-order valence-electron chi connectivity index (χ4n) is 5.71. The van der Waals surface area contributed by atoms with Crippen LogP contribution in [0.1, 0.15) is 45.7 Å². The van der Waals surface area contributed by atoms with Gasteiger partial charge >= 0.3 is 12.1 Å². The van der Waals surface area contributed by atoms with Gasteiger partial charge in [0.2, 0.25) is 6.41 Å². The molecular weight excluding hydrogens is 527 g/mol. The molecule has 11 heteroatoms. The number of halogens is 3. The molecule has 3 N–H and O–H groups in total. The highest BCUT2D eigenvalue weighted by atomic mass is 19.4. The molecule has 1 aromatic heterocycles. The molecule has 0 radical (unpaired) electrons. The third-order valence-corrected chi connectivity index (χ3v) is 7.55. The zero-order chi connectivity index (χ0) is 29.0. The smallest absolute Gasteiger partial charge is 0.417 e. The van der Waals surface area contributed by atoms with E-state index >= 15 is 0 Å². The summed E-state index contributed by atoms with van der Waals surface area (Å²) < 4.78 is 50.4. The normalized spacial score (nSPS) is 15.6. The van der Waals surface area contributed by atoms with Crippen molar-refractivity contribution in [2.75, 3.05) is 26.8 Å². The summed E-state index contributed by atoms with van der Waals surface area (Å²) in [6.07, 6.45) is -3.10. The highest BCUT2D eigenvalue weighted by molar-refractivity contribution is 5.85. The SMILES string of the molecule is COC(=O)[C@H](Cc1cccc2c1CCC2c1c(C(F)(F)F)c2cc(CCNCCO)ccc2n(C)c1=O)NC=O. The van der Waals surface area contributed by atoms with Crippen LogP contribution in [-0.4, -0.2) is 54.9 Å². The fourth-order valence-corrected chi connectivity index (χ4v) is 5.71. The summed E-state index contributed by atoms with van der Waals surface area (Å²) in [5, 5.41) is 14.4. The van der Waals surface area contributed by atoms with Crippen LogP contribution in [0.4, 0.5) is 13.2 Å². The van der Waals surface area contributed by atoms with E-state index in [1.54, 1.807) is 30.3 Å². The summed E-state index contributed by atoms with van der Waals surface area (Å²) in [6.45, 7) is 0.827. The third-order valence-electron chi connectivity index (χ3n) is 7.55. The largest absolute Gasteiger partial charge is 0.467 e. The predicted octanol–water partition coefficient (Wildman–Crippen LogP) is 2.59. The Hall–Kier alpha value is -3.70. The van der Waals surface area contributed by atoms with E-state index in [-0.39, 0.29) is 29.5 Å². The van der Waals surface area contributed by atoms with Crippen LogP contribution in [-0.2, 0) is 46.8 Å². The number of nitrogens with one attached hydrogen (secondary N) is 2. The van der Waals surface area contributed by atoms with Crippen molar-refractivity contribution < 1.29 is 32.6 Å². The molecule has 0 fully saturated rings. The first kappa shape index (κ1) is 29.3. The minimum Gasteiger partial charge on any atom is -0.467 e. The quantitative estimate of drug-likeness (QED) is 0.189. The average Bonchev–Trinajstić information content (AvgIpc) is 3.36. The van der Waals surface area contributed by atoms with Gasteiger partial charge < -0.3 is 25.0 Å². The highest BCUT2D eigenvalue weighted by Crippen LogP contribution is 2.45. The van der Waals surface area contributed by atoms with Crippen LogP contribution in [0.3, 0.4) is 0 Å². The molecule has 2 aromatic carbocycles. The summed E-state index contributed by atoms with van der Waals surface area (Å²) in [5.41, 5.74) is 1.05. The Morgan fingerprint density at radius 2 is 2.02 bits per heavy atom. The number of aryl methyl sites for hydroxylation is 1. The van der Waals surface area contributed by atoms with Gasteiger partial charge in [-0.15, -0.1) is 0 Å². The molecule has 1 amide bonds. The molecule has 1 unspecified atom stereocenters. The number of hydrogen-bond acceptors (Lipinski definition) is 6. The first-order valence-electron chi connectivity index (χ1n) is 13.0. The number of hydrogen-bond donors (Lipinski definition) is 3. The fraction of sp³-hybridized carbons (Fsp3) is 0.414. The third kappa shape index (κ3) is 5.75. The second-order valence-corrected chi connectivity index (χ2v) is 9.87. The van der Waals surface area contributed by atoms with Gasteiger partial charge in [0.05, 0.1) is 24.8 Å². The standard InChI is InChI=1S/C29H32F3N3O5/c1-35-24-9-6-17(10-11-33-12-13-36)14-22(24)26(29(30,31)32)25(27(35)38)21-8-7-19-18(4-3-5-20(19)21)15-23(34-16-37)28(39)40-2/h3-6,9,14,16,21,23,33,36H,7-8,10-13,15H2,1-2H3,(H,34,37)/t21?,23-/m0/s1. The molecule has 0 saturated carbocycles. The number of esters is 1. The van der Waals surface area contributed by atoms with Gasteiger partial charge in [-0.05, 0) is 60.2 Å². The van der Waals surface area contributed by atoms with E-state index in [0.717, 1.165) is 5.56 Å². The van der Waals surface area contributed by atoms with Crippen molar-refractivity contribution in [3.63, 3.8) is 0 Å². The van der Waals surface area contributed by atoms with Crippen molar-refractivity contribution in [2.24, 2.45) is 7.05 Å². The van der Waals surface area contributed by atoms with Crippen molar-refractivity contribution in [3.8, 4) is 0 Å². The average molecular weight is 560 g/mol. The van der Waals surface area contributed by atoms with Crippen LogP contribution in [0.2, 0.25) is 0 Å². The second kappa shape index (κ2) is 12.2. The number of rotatable bonds is 11. The summed E-state index contributed by atoms with van der Waals surface area (Å²) in [4.78, 5) is 36.8. The lowest BCUT2D eigenvalue weighted by Gasteiger charge is -2.23. The lowest BCUT2D eigenvalue weighted by molar-refractivity contribution is -0.144. The molecule has 0 bridgehead atoms. The van der Waals surface area contributed by atoms with Crippen LogP contribution < -0.4 is 16.2 Å². The summed E-state index contributed by atoms with van der Waals surface area (Å²) in [5.74, 6) is -1.43. The van der Waals surface area contributed by atoms with Crippen molar-refractivity contribution in [1.29, 1.82) is 0 Å². The number of amides is 1. The zero-order valence-corrected chi connectivity index (χ0v) is 22.3. The second-order valence-electron chi connectivity index (χ2n) is 9.87. The maximum atomic E-state index is 14.8. The Kier molecular flexibility index (Phi) is 8.95. The Labute approximate surface area is 229 Å². The van der Waals surface area contributed by atoms with Gasteiger partial charge in [0.1, 0.15) is 6.04 Å².